The van der Waals surface area contributed by atoms with E-state index >= 15 is 0 Å². The van der Waals surface area contributed by atoms with Gasteiger partial charge in [0.25, 0.3) is 0 Å². The van der Waals surface area contributed by atoms with Crippen molar-refractivity contribution in [2.24, 2.45) is 0 Å². The fourth-order valence-corrected chi connectivity index (χ4v) is 8.84. The summed E-state index contributed by atoms with van der Waals surface area (Å²) >= 11 is -0.106. The van der Waals surface area contributed by atoms with E-state index in [0.29, 0.717) is 0 Å². The molecule has 216 valence electrons. The monoisotopic (exact) mass is 836 g/mol. The summed E-state index contributed by atoms with van der Waals surface area (Å²) in [5.74, 6) is 0. The Labute approximate surface area is 287 Å². The Balaban J connectivity index is 0.000000251. The van der Waals surface area contributed by atoms with Gasteiger partial charge in [-0.05, 0) is 37.1 Å². The van der Waals surface area contributed by atoms with Crippen LogP contribution in [0.2, 0.25) is 0 Å². The molecule has 0 atom stereocenters. The zero-order chi connectivity index (χ0) is 27.1. The van der Waals surface area contributed by atoms with Crippen LogP contribution < -0.4 is 31.8 Å². The van der Waals surface area contributed by atoms with Crippen molar-refractivity contribution in [2.75, 3.05) is 0 Å². The molecule has 0 nitrogen and oxygen atoms in total. The van der Waals surface area contributed by atoms with E-state index in [1.165, 1.54) is 31.8 Å². The van der Waals surface area contributed by atoms with Crippen molar-refractivity contribution in [1.82, 2.24) is 0 Å². The van der Waals surface area contributed by atoms with E-state index in [9.17, 15) is 0 Å². The molecule has 0 spiro atoms. The maximum absolute atomic E-state index is 4.81. The quantitative estimate of drug-likeness (QED) is 0.0918. The van der Waals surface area contributed by atoms with Crippen molar-refractivity contribution >= 4 is 66.7 Å². The van der Waals surface area contributed by atoms with E-state index in [4.69, 9.17) is 19.1 Å². The Bertz CT molecular complexity index is 1240. The van der Waals surface area contributed by atoms with Crippen molar-refractivity contribution in [3.05, 3.63) is 170 Å². The summed E-state index contributed by atoms with van der Waals surface area (Å²) in [4.78, 5) is 0. The van der Waals surface area contributed by atoms with Gasteiger partial charge in [0.2, 0.25) is 0 Å². The van der Waals surface area contributed by atoms with E-state index in [2.05, 4.69) is 170 Å². The third kappa shape index (κ3) is 11.1. The second-order valence-corrected chi connectivity index (χ2v) is 15.1. The van der Waals surface area contributed by atoms with Gasteiger partial charge in [-0.15, -0.1) is 10.6 Å². The first kappa shape index (κ1) is 36.1. The molecule has 0 heterocycles. The van der Waals surface area contributed by atoms with Crippen molar-refractivity contribution in [1.29, 1.82) is 0 Å². The molecule has 0 bridgehead atoms. The largest absolute Gasteiger partial charge is 2.00 e. The van der Waals surface area contributed by atoms with E-state index in [0.717, 1.165) is 0 Å². The first-order chi connectivity index (χ1) is 19.3. The topological polar surface area (TPSA) is 0 Å². The summed E-state index contributed by atoms with van der Waals surface area (Å²) in [6.07, 6.45) is 0. The van der Waals surface area contributed by atoms with Gasteiger partial charge < -0.3 is 0 Å². The smallest absolute Gasteiger partial charge is 0.213 e. The van der Waals surface area contributed by atoms with Gasteiger partial charge in [0.15, 0.2) is 0 Å². The molecule has 0 saturated heterocycles. The van der Waals surface area contributed by atoms with E-state index in [-0.39, 0.29) is 53.4 Å². The number of hydrogen-bond donors (Lipinski definition) is 0. The maximum Gasteiger partial charge on any atom is 2.00 e. The molecule has 41 heavy (non-hydrogen) atoms. The standard InChI is InChI=1S/2C17H14P.2ClH.Fe.2Pd/c2*1-3-9-15(10-4-1)18(17-13-7-8-14-17)16-11-5-2-6-12-16;;;;;/h2*1-14H;2*1H;;;/q2*-1;;;+2;;+2/p-2. The summed E-state index contributed by atoms with van der Waals surface area (Å²) in [5, 5.41) is 8.47. The number of halogens is 2. The fourth-order valence-electron chi connectivity index (χ4n) is 4.23. The number of hydrogen-bond acceptors (Lipinski definition) is 0. The summed E-state index contributed by atoms with van der Waals surface area (Å²) in [5.41, 5.74) is 0. The van der Waals surface area contributed by atoms with E-state index in [1.54, 1.807) is 0 Å². The van der Waals surface area contributed by atoms with Gasteiger partial charge in [0.05, 0.1) is 0 Å². The van der Waals surface area contributed by atoms with Crippen LogP contribution in [0.3, 0.4) is 0 Å². The summed E-state index contributed by atoms with van der Waals surface area (Å²) in [6, 6.07) is 60.5. The Morgan fingerprint density at radius 1 is 0.415 bits per heavy atom. The van der Waals surface area contributed by atoms with Crippen LogP contribution in [0.5, 0.6) is 0 Å². The Morgan fingerprint density at radius 3 is 0.854 bits per heavy atom. The first-order valence-electron chi connectivity index (χ1n) is 12.4. The Hall–Kier alpha value is -1.14. The maximum atomic E-state index is 4.81. The molecule has 0 aliphatic rings. The van der Waals surface area contributed by atoms with Crippen molar-refractivity contribution in [3.8, 4) is 0 Å². The SMILES string of the molecule is [Cl][Pd][Cl].[Fe+2].[Pd].c1ccc(P(c2ccccc2)c2ccc[cH-]2)cc1.c1ccc(P(c2ccccc2)c2ccc[cH-]2)cc1. The fraction of sp³-hybridized carbons (Fsp3) is 0. The van der Waals surface area contributed by atoms with Crippen LogP contribution in [0.4, 0.5) is 0 Å². The molecule has 0 N–H and O–H groups in total. The van der Waals surface area contributed by atoms with Crippen LogP contribution in [0.15, 0.2) is 170 Å². The van der Waals surface area contributed by atoms with Gasteiger partial charge in [-0.3, -0.25) is 0 Å². The van der Waals surface area contributed by atoms with E-state index in [1.807, 2.05) is 0 Å². The molecule has 0 amide bonds. The molecule has 0 fully saturated rings. The molecular weight excluding hydrogens is 810 g/mol. The average Bonchev–Trinajstić information content (AvgIpc) is 3.72. The third-order valence-corrected chi connectivity index (χ3v) is 10.8. The Morgan fingerprint density at radius 2 is 0.659 bits per heavy atom. The van der Waals surface area contributed by atoms with Gasteiger partial charge in [-0.25, -0.2) is 24.3 Å². The third-order valence-electron chi connectivity index (χ3n) is 5.86. The molecule has 6 aromatic carbocycles. The summed E-state index contributed by atoms with van der Waals surface area (Å²) in [6.45, 7) is 0. The van der Waals surface area contributed by atoms with Gasteiger partial charge in [-0.2, -0.15) is 24.3 Å². The summed E-state index contributed by atoms with van der Waals surface area (Å²) in [7, 11) is 8.81. The summed E-state index contributed by atoms with van der Waals surface area (Å²) < 4.78 is 0. The molecular formula is C34H28Cl2FeP2Pd2. The minimum atomic E-state index is -0.409. The van der Waals surface area contributed by atoms with Crippen molar-refractivity contribution in [3.63, 3.8) is 0 Å². The molecule has 0 radical (unpaired) electrons. The van der Waals surface area contributed by atoms with Gasteiger partial charge in [0, 0.05) is 20.4 Å². The number of rotatable bonds is 6. The molecule has 0 aliphatic carbocycles. The number of benzene rings is 4. The molecule has 0 unspecified atom stereocenters. The second-order valence-electron chi connectivity index (χ2n) is 8.34. The molecule has 6 rings (SSSR count). The predicted molar refractivity (Wildman–Crippen MR) is 173 cm³/mol. The molecule has 6 aromatic rings. The van der Waals surface area contributed by atoms with Gasteiger partial charge >= 0.3 is 52.1 Å². The minimum Gasteiger partial charge on any atom is -0.213 e. The Kier molecular flexibility index (Phi) is 18.2. The van der Waals surface area contributed by atoms with Crippen LogP contribution in [-0.2, 0) is 53.4 Å². The zero-order valence-electron chi connectivity index (χ0n) is 21.8. The van der Waals surface area contributed by atoms with Crippen LogP contribution in [0.25, 0.3) is 0 Å². The molecule has 7 heteroatoms. The van der Waals surface area contributed by atoms with Crippen LogP contribution in [0, 0.1) is 0 Å². The van der Waals surface area contributed by atoms with Crippen LogP contribution in [0.1, 0.15) is 0 Å². The minimum absolute atomic E-state index is 0. The van der Waals surface area contributed by atoms with Crippen LogP contribution >= 0.6 is 34.9 Å². The molecule has 0 aromatic heterocycles. The first-order valence-corrected chi connectivity index (χ1v) is 19.1. The van der Waals surface area contributed by atoms with E-state index < -0.39 is 15.8 Å². The van der Waals surface area contributed by atoms with Gasteiger partial charge in [0.1, 0.15) is 0 Å². The average molecular weight is 838 g/mol. The molecule has 0 aliphatic heterocycles. The predicted octanol–water partition coefficient (Wildman–Crippen LogP) is 7.70. The van der Waals surface area contributed by atoms with Crippen LogP contribution in [-0.4, -0.2) is 0 Å². The van der Waals surface area contributed by atoms with Crippen molar-refractivity contribution in [2.45, 2.75) is 0 Å². The van der Waals surface area contributed by atoms with Gasteiger partial charge in [-0.1, -0.05) is 121 Å². The normalized spacial score (nSPS) is 9.95. The zero-order valence-corrected chi connectivity index (χ0v) is 29.3. The molecule has 0 saturated carbocycles. The second kappa shape index (κ2) is 20.7. The van der Waals surface area contributed by atoms with Crippen molar-refractivity contribution < 1.29 is 53.4 Å².